The van der Waals surface area contributed by atoms with E-state index in [-0.39, 0.29) is 0 Å². The molecule has 3 rings (SSSR count). The molecule has 5 heteroatoms. The monoisotopic (exact) mass is 312 g/mol. The van der Waals surface area contributed by atoms with E-state index in [1.165, 1.54) is 16.0 Å². The third kappa shape index (κ3) is 3.56. The zero-order chi connectivity index (χ0) is 16.2. The van der Waals surface area contributed by atoms with Crippen molar-refractivity contribution in [1.82, 2.24) is 4.90 Å². The van der Waals surface area contributed by atoms with Crippen LogP contribution < -0.4 is 10.1 Å². The van der Waals surface area contributed by atoms with Crippen LogP contribution in [0.15, 0.2) is 42.5 Å². The molecule has 0 bridgehead atoms. The molecule has 120 valence electrons. The van der Waals surface area contributed by atoms with Gasteiger partial charge < -0.3 is 20.1 Å². The van der Waals surface area contributed by atoms with Gasteiger partial charge in [-0.15, -0.1) is 0 Å². The summed E-state index contributed by atoms with van der Waals surface area (Å²) in [7, 11) is 1.66. The average molecular weight is 312 g/mol. The van der Waals surface area contributed by atoms with Crippen molar-refractivity contribution in [2.24, 2.45) is 0 Å². The van der Waals surface area contributed by atoms with E-state index in [1.807, 2.05) is 36.4 Å². The molecule has 1 aliphatic rings. The molecule has 5 nitrogen and oxygen atoms in total. The summed E-state index contributed by atoms with van der Waals surface area (Å²) >= 11 is 0. The second-order valence-corrected chi connectivity index (χ2v) is 5.64. The van der Waals surface area contributed by atoms with Crippen LogP contribution in [0.1, 0.15) is 16.7 Å². The second-order valence-electron chi connectivity index (χ2n) is 5.64. The summed E-state index contributed by atoms with van der Waals surface area (Å²) < 4.78 is 5.15. The van der Waals surface area contributed by atoms with Crippen molar-refractivity contribution < 1.29 is 14.6 Å². The Labute approximate surface area is 135 Å². The van der Waals surface area contributed by atoms with Crippen LogP contribution in [0, 0.1) is 0 Å². The van der Waals surface area contributed by atoms with Crippen molar-refractivity contribution in [3.8, 4) is 5.75 Å². The molecule has 0 spiro atoms. The van der Waals surface area contributed by atoms with Gasteiger partial charge in [-0.2, -0.15) is 0 Å². The number of hydrogen-bond acceptors (Lipinski definition) is 3. The Morgan fingerprint density at radius 3 is 2.70 bits per heavy atom. The number of ether oxygens (including phenoxy) is 1. The summed E-state index contributed by atoms with van der Waals surface area (Å²) in [5.41, 5.74) is 4.56. The van der Waals surface area contributed by atoms with Gasteiger partial charge in [0.25, 0.3) is 0 Å². The number of amides is 1. The molecule has 2 aromatic rings. The van der Waals surface area contributed by atoms with E-state index in [0.717, 1.165) is 30.0 Å². The molecule has 0 saturated heterocycles. The highest BCUT2D eigenvalue weighted by Gasteiger charge is 2.19. The molecule has 1 heterocycles. The number of rotatable bonds is 4. The van der Waals surface area contributed by atoms with E-state index in [2.05, 4.69) is 11.4 Å². The van der Waals surface area contributed by atoms with E-state index in [0.29, 0.717) is 13.1 Å². The number of nitrogens with zero attached hydrogens (tertiary/aromatic N) is 1. The van der Waals surface area contributed by atoms with Crippen LogP contribution in [0.5, 0.6) is 5.75 Å². The lowest BCUT2D eigenvalue weighted by atomic mass is 9.99. The zero-order valence-corrected chi connectivity index (χ0v) is 13.1. The first kappa shape index (κ1) is 15.2. The quantitative estimate of drug-likeness (QED) is 0.909. The van der Waals surface area contributed by atoms with E-state index >= 15 is 0 Å². The molecule has 2 aromatic carbocycles. The van der Waals surface area contributed by atoms with Crippen molar-refractivity contribution >= 4 is 11.8 Å². The maximum Gasteiger partial charge on any atom is 0.407 e. The summed E-state index contributed by atoms with van der Waals surface area (Å²) in [5, 5.41) is 12.5. The van der Waals surface area contributed by atoms with Crippen molar-refractivity contribution in [2.75, 3.05) is 19.0 Å². The maximum atomic E-state index is 11.0. The molecule has 0 aliphatic carbocycles. The van der Waals surface area contributed by atoms with Crippen LogP contribution in [0.3, 0.4) is 0 Å². The van der Waals surface area contributed by atoms with E-state index in [4.69, 9.17) is 9.84 Å². The number of hydrogen-bond donors (Lipinski definition) is 2. The minimum atomic E-state index is -0.850. The van der Waals surface area contributed by atoms with E-state index in [1.54, 1.807) is 7.11 Å². The highest BCUT2D eigenvalue weighted by Crippen LogP contribution is 2.23. The summed E-state index contributed by atoms with van der Waals surface area (Å²) in [6, 6.07) is 14.1. The van der Waals surface area contributed by atoms with Gasteiger partial charge in [0.1, 0.15) is 5.75 Å². The molecule has 0 aromatic heterocycles. The van der Waals surface area contributed by atoms with Gasteiger partial charge in [-0.1, -0.05) is 18.2 Å². The Morgan fingerprint density at radius 1 is 1.22 bits per heavy atom. The first-order chi connectivity index (χ1) is 11.2. The smallest absolute Gasteiger partial charge is 0.407 e. The highest BCUT2D eigenvalue weighted by molar-refractivity contribution is 5.66. The lowest BCUT2D eigenvalue weighted by molar-refractivity contribution is 0.140. The molecular weight excluding hydrogens is 292 g/mol. The minimum absolute atomic E-state index is 0.476. The Bertz CT molecular complexity index is 698. The van der Waals surface area contributed by atoms with Crippen LogP contribution in [0.2, 0.25) is 0 Å². The van der Waals surface area contributed by atoms with Crippen LogP contribution in [-0.4, -0.2) is 29.8 Å². The zero-order valence-electron chi connectivity index (χ0n) is 13.1. The third-order valence-electron chi connectivity index (χ3n) is 4.14. The lowest BCUT2D eigenvalue weighted by Crippen LogP contribution is -2.34. The largest absolute Gasteiger partial charge is 0.497 e. The summed E-state index contributed by atoms with van der Waals surface area (Å²) in [4.78, 5) is 12.5. The Kier molecular flexibility index (Phi) is 4.37. The number of carboxylic acid groups (broad SMARTS) is 1. The molecule has 23 heavy (non-hydrogen) atoms. The van der Waals surface area contributed by atoms with Gasteiger partial charge in [-0.05, 0) is 47.4 Å². The van der Waals surface area contributed by atoms with E-state index in [9.17, 15) is 4.79 Å². The minimum Gasteiger partial charge on any atom is -0.497 e. The van der Waals surface area contributed by atoms with Crippen LogP contribution in [0.4, 0.5) is 10.5 Å². The molecule has 1 amide bonds. The molecular formula is C18H20N2O3. The summed E-state index contributed by atoms with van der Waals surface area (Å²) in [6.07, 6.45) is -0.0861. The fraction of sp³-hybridized carbons (Fsp3) is 0.278. The summed E-state index contributed by atoms with van der Waals surface area (Å²) in [6.45, 7) is 1.78. The number of methoxy groups -OCH3 is 1. The van der Waals surface area contributed by atoms with E-state index < -0.39 is 6.09 Å². The van der Waals surface area contributed by atoms with Crippen molar-refractivity contribution in [2.45, 2.75) is 19.5 Å². The molecule has 0 atom stereocenters. The maximum absolute atomic E-state index is 11.0. The predicted octanol–water partition coefficient (Wildman–Crippen LogP) is 3.34. The van der Waals surface area contributed by atoms with Gasteiger partial charge >= 0.3 is 6.09 Å². The van der Waals surface area contributed by atoms with Crippen molar-refractivity contribution in [3.63, 3.8) is 0 Å². The Hall–Kier alpha value is -2.69. The topological polar surface area (TPSA) is 61.8 Å². The summed E-state index contributed by atoms with van der Waals surface area (Å²) in [5.74, 6) is 0.852. The van der Waals surface area contributed by atoms with Gasteiger partial charge in [0.2, 0.25) is 0 Å². The lowest BCUT2D eigenvalue weighted by Gasteiger charge is -2.26. The molecule has 2 N–H and O–H groups in total. The van der Waals surface area contributed by atoms with Gasteiger partial charge in [0.05, 0.1) is 7.11 Å². The predicted molar refractivity (Wildman–Crippen MR) is 88.9 cm³/mol. The van der Waals surface area contributed by atoms with Crippen molar-refractivity contribution in [3.05, 3.63) is 59.2 Å². The normalized spacial score (nSPS) is 13.3. The fourth-order valence-electron chi connectivity index (χ4n) is 2.77. The second kappa shape index (κ2) is 6.60. The van der Waals surface area contributed by atoms with Gasteiger partial charge in [-0.25, -0.2) is 4.79 Å². The number of fused-ring (bicyclic) bond motifs is 1. The number of carbonyl (C=O) groups is 1. The highest BCUT2D eigenvalue weighted by atomic mass is 16.5. The van der Waals surface area contributed by atoms with Crippen LogP contribution in [-0.2, 0) is 19.5 Å². The Balaban J connectivity index is 1.64. The van der Waals surface area contributed by atoms with Crippen LogP contribution >= 0.6 is 0 Å². The van der Waals surface area contributed by atoms with Gasteiger partial charge in [0, 0.05) is 25.3 Å². The molecule has 0 radical (unpaired) electrons. The number of nitrogens with one attached hydrogen (secondary N) is 1. The van der Waals surface area contributed by atoms with Gasteiger partial charge in [-0.3, -0.25) is 0 Å². The molecule has 0 saturated carbocycles. The van der Waals surface area contributed by atoms with Gasteiger partial charge in [0.15, 0.2) is 0 Å². The fourth-order valence-corrected chi connectivity index (χ4v) is 2.77. The average Bonchev–Trinajstić information content (AvgIpc) is 2.59. The first-order valence-electron chi connectivity index (χ1n) is 7.62. The molecule has 0 fully saturated rings. The molecule has 1 aliphatic heterocycles. The Morgan fingerprint density at radius 2 is 2.00 bits per heavy atom. The number of anilines is 1. The molecule has 0 unspecified atom stereocenters. The SMILES string of the molecule is COc1ccc(CNc2ccc3c(c2)CCN(C(=O)O)C3)cc1. The van der Waals surface area contributed by atoms with Crippen LogP contribution in [0.25, 0.3) is 0 Å². The third-order valence-corrected chi connectivity index (χ3v) is 4.14. The number of benzene rings is 2. The first-order valence-corrected chi connectivity index (χ1v) is 7.62. The van der Waals surface area contributed by atoms with Crippen molar-refractivity contribution in [1.29, 1.82) is 0 Å². The standard InChI is InChI=1S/C18H20N2O3/c1-23-17-6-2-13(3-7-17)11-19-16-5-4-15-12-20(18(21)22)9-8-14(15)10-16/h2-7,10,19H,8-9,11-12H2,1H3,(H,21,22).